The number of alkyl halides is 3. The van der Waals surface area contributed by atoms with Crippen LogP contribution < -0.4 is 11.1 Å². The molecule has 0 heterocycles. The van der Waals surface area contributed by atoms with Crippen LogP contribution in [0.2, 0.25) is 0 Å². The van der Waals surface area contributed by atoms with Crippen molar-refractivity contribution in [2.75, 3.05) is 13.6 Å². The average molecular weight is 324 g/mol. The van der Waals surface area contributed by atoms with Crippen LogP contribution in [0.25, 0.3) is 0 Å². The molecule has 0 aromatic carbocycles. The van der Waals surface area contributed by atoms with Crippen molar-refractivity contribution in [3.05, 3.63) is 35.0 Å². The van der Waals surface area contributed by atoms with Crippen LogP contribution >= 0.6 is 11.6 Å². The van der Waals surface area contributed by atoms with Gasteiger partial charge in [0.25, 0.3) is 0 Å². The summed E-state index contributed by atoms with van der Waals surface area (Å²) in [5, 5.41) is 10.1. The van der Waals surface area contributed by atoms with E-state index in [-0.39, 0.29) is 5.03 Å². The maximum atomic E-state index is 12.3. The molecule has 0 saturated carbocycles. The van der Waals surface area contributed by atoms with E-state index in [0.29, 0.717) is 24.0 Å². The first-order chi connectivity index (χ1) is 9.72. The lowest BCUT2D eigenvalue weighted by atomic mass is 10.0. The Balaban J connectivity index is 4.82. The monoisotopic (exact) mass is 323 g/mol. The van der Waals surface area contributed by atoms with E-state index in [4.69, 9.17) is 22.7 Å². The van der Waals surface area contributed by atoms with E-state index in [9.17, 15) is 13.2 Å². The number of hydrogen-bond acceptors (Lipinski definition) is 3. The molecule has 0 amide bonds. The van der Waals surface area contributed by atoms with Gasteiger partial charge in [-0.3, -0.25) is 5.41 Å². The molecular formula is C14H21ClF3N3. The van der Waals surface area contributed by atoms with Gasteiger partial charge in [-0.1, -0.05) is 30.7 Å². The maximum Gasteiger partial charge on any atom is 0.432 e. The quantitative estimate of drug-likeness (QED) is 0.471. The Hall–Kier alpha value is -1.27. The van der Waals surface area contributed by atoms with E-state index in [2.05, 4.69) is 12.2 Å². The van der Waals surface area contributed by atoms with Crippen molar-refractivity contribution in [3.63, 3.8) is 0 Å². The topological polar surface area (TPSA) is 61.9 Å². The Morgan fingerprint density at radius 3 is 2.48 bits per heavy atom. The second-order valence-corrected chi connectivity index (χ2v) is 5.07. The zero-order valence-electron chi connectivity index (χ0n) is 12.1. The van der Waals surface area contributed by atoms with Crippen LogP contribution in [0.3, 0.4) is 0 Å². The summed E-state index contributed by atoms with van der Waals surface area (Å²) in [4.78, 5) is 0. The molecule has 0 fully saturated rings. The first-order valence-electron chi connectivity index (χ1n) is 6.48. The molecule has 0 aromatic rings. The standard InChI is InChI=1S/C14H21ClF3N3/c1-10(9-21-2)4-3-5-11(12(15)8-19)6-7-13(20)14(16,17)18/h5-8,10,20-21H,3-4,9,19H2,1-2H3/b7-6-,11-5-,12-8+,20-13?. The van der Waals surface area contributed by atoms with Crippen molar-refractivity contribution in [2.24, 2.45) is 11.7 Å². The van der Waals surface area contributed by atoms with Crippen molar-refractivity contribution in [1.82, 2.24) is 5.32 Å². The Morgan fingerprint density at radius 2 is 2.00 bits per heavy atom. The molecule has 4 N–H and O–H groups in total. The first-order valence-corrected chi connectivity index (χ1v) is 6.86. The van der Waals surface area contributed by atoms with E-state index in [1.165, 1.54) is 0 Å². The highest BCUT2D eigenvalue weighted by Crippen LogP contribution is 2.20. The van der Waals surface area contributed by atoms with E-state index in [1.807, 2.05) is 7.05 Å². The Bertz CT molecular complexity index is 426. The summed E-state index contributed by atoms with van der Waals surface area (Å²) in [6.45, 7) is 2.93. The lowest BCUT2D eigenvalue weighted by molar-refractivity contribution is -0.0584. The third kappa shape index (κ3) is 8.57. The van der Waals surface area contributed by atoms with Gasteiger partial charge in [0.05, 0.1) is 5.03 Å². The summed E-state index contributed by atoms with van der Waals surface area (Å²) in [6, 6.07) is 0. The van der Waals surface area contributed by atoms with Gasteiger partial charge in [-0.05, 0) is 44.0 Å². The second-order valence-electron chi connectivity index (χ2n) is 4.66. The van der Waals surface area contributed by atoms with Crippen molar-refractivity contribution in [3.8, 4) is 0 Å². The molecule has 0 aliphatic rings. The number of hydrogen-bond donors (Lipinski definition) is 3. The zero-order chi connectivity index (χ0) is 16.5. The SMILES string of the molecule is CNCC(C)CC/C=C(/C=C\C(=N)C(F)(F)F)C(\Cl)=C/N. The van der Waals surface area contributed by atoms with Gasteiger partial charge < -0.3 is 11.1 Å². The lowest BCUT2D eigenvalue weighted by Crippen LogP contribution is -2.19. The molecule has 0 rings (SSSR count). The van der Waals surface area contributed by atoms with Crippen LogP contribution in [0, 0.1) is 11.3 Å². The highest BCUT2D eigenvalue weighted by atomic mass is 35.5. The van der Waals surface area contributed by atoms with Gasteiger partial charge in [-0.2, -0.15) is 13.2 Å². The molecule has 120 valence electrons. The van der Waals surface area contributed by atoms with Crippen molar-refractivity contribution >= 4 is 17.3 Å². The third-order valence-corrected chi connectivity index (χ3v) is 3.08. The molecule has 0 spiro atoms. The smallest absolute Gasteiger partial charge is 0.403 e. The van der Waals surface area contributed by atoms with Crippen molar-refractivity contribution in [2.45, 2.75) is 25.9 Å². The van der Waals surface area contributed by atoms with Gasteiger partial charge >= 0.3 is 6.18 Å². The largest absolute Gasteiger partial charge is 0.432 e. The average Bonchev–Trinajstić information content (AvgIpc) is 2.40. The molecular weight excluding hydrogens is 303 g/mol. The summed E-state index contributed by atoms with van der Waals surface area (Å²) >= 11 is 5.86. The highest BCUT2D eigenvalue weighted by molar-refractivity contribution is 6.32. The third-order valence-electron chi connectivity index (χ3n) is 2.73. The molecule has 1 unspecified atom stereocenters. The first kappa shape index (κ1) is 19.7. The van der Waals surface area contributed by atoms with Gasteiger partial charge in [-0.25, -0.2) is 0 Å². The molecule has 3 nitrogen and oxygen atoms in total. The van der Waals surface area contributed by atoms with Crippen LogP contribution in [0.15, 0.2) is 35.0 Å². The summed E-state index contributed by atoms with van der Waals surface area (Å²) in [5.41, 5.74) is 4.24. The molecule has 0 radical (unpaired) electrons. The molecule has 0 aliphatic heterocycles. The molecule has 0 bridgehead atoms. The van der Waals surface area contributed by atoms with Gasteiger partial charge in [0.1, 0.15) is 5.71 Å². The zero-order valence-corrected chi connectivity index (χ0v) is 12.9. The van der Waals surface area contributed by atoms with Crippen LogP contribution in [-0.4, -0.2) is 25.5 Å². The minimum absolute atomic E-state index is 0.155. The number of nitrogens with two attached hydrogens (primary N) is 1. The van der Waals surface area contributed by atoms with E-state index >= 15 is 0 Å². The summed E-state index contributed by atoms with van der Waals surface area (Å²) in [7, 11) is 1.86. The molecule has 21 heavy (non-hydrogen) atoms. The van der Waals surface area contributed by atoms with Gasteiger partial charge in [0.2, 0.25) is 0 Å². The number of nitrogens with one attached hydrogen (secondary N) is 2. The predicted molar refractivity (Wildman–Crippen MR) is 81.5 cm³/mol. The molecule has 0 aliphatic carbocycles. The van der Waals surface area contributed by atoms with Crippen LogP contribution in [0.1, 0.15) is 19.8 Å². The van der Waals surface area contributed by atoms with Gasteiger partial charge in [0, 0.05) is 6.20 Å². The fraction of sp³-hybridized carbons (Fsp3) is 0.500. The molecule has 0 aromatic heterocycles. The number of allylic oxidation sites excluding steroid dienone is 5. The van der Waals surface area contributed by atoms with E-state index in [0.717, 1.165) is 25.2 Å². The maximum absolute atomic E-state index is 12.3. The summed E-state index contributed by atoms with van der Waals surface area (Å²) in [5.74, 6) is 0.436. The van der Waals surface area contributed by atoms with Crippen LogP contribution in [0.5, 0.6) is 0 Å². The van der Waals surface area contributed by atoms with Crippen LogP contribution in [0.4, 0.5) is 13.2 Å². The Morgan fingerprint density at radius 1 is 1.38 bits per heavy atom. The number of halogens is 4. The second kappa shape index (κ2) is 9.63. The normalized spacial score (nSPS) is 15.5. The fourth-order valence-electron chi connectivity index (χ4n) is 1.58. The lowest BCUT2D eigenvalue weighted by Gasteiger charge is -2.09. The van der Waals surface area contributed by atoms with Crippen molar-refractivity contribution < 1.29 is 13.2 Å². The molecule has 1 atom stereocenters. The Kier molecular flexibility index (Phi) is 9.05. The van der Waals surface area contributed by atoms with Crippen molar-refractivity contribution in [1.29, 1.82) is 5.41 Å². The highest BCUT2D eigenvalue weighted by Gasteiger charge is 2.32. The van der Waals surface area contributed by atoms with E-state index in [1.54, 1.807) is 6.08 Å². The summed E-state index contributed by atoms with van der Waals surface area (Å²) < 4.78 is 36.8. The minimum Gasteiger partial charge on any atom is -0.403 e. The van der Waals surface area contributed by atoms with Gasteiger partial charge in [0.15, 0.2) is 0 Å². The fourth-order valence-corrected chi connectivity index (χ4v) is 1.72. The predicted octanol–water partition coefficient (Wildman–Crippen LogP) is 3.73. The summed E-state index contributed by atoms with van der Waals surface area (Å²) in [6.07, 6.45) is 1.53. The minimum atomic E-state index is -4.66. The van der Waals surface area contributed by atoms with Crippen LogP contribution in [-0.2, 0) is 0 Å². The van der Waals surface area contributed by atoms with E-state index < -0.39 is 11.9 Å². The Labute approximate surface area is 128 Å². The van der Waals surface area contributed by atoms with Gasteiger partial charge in [-0.15, -0.1) is 0 Å². The molecule has 7 heteroatoms. The number of rotatable bonds is 8. The molecule has 0 saturated heterocycles.